The molecule has 3 amide bonds. The standard InChI is InChI=1S/C21H29N3O4S2/c1-15(26)17-3-4-18(30-17)20(28)23-9-6-21(7-10-23)8-11-24(13-21)19(27)16(22-14-25)5-12-29-2/h3-4,14,16H,5-13H2,1-2H3,(H,22,25). The number of thioether (sulfide) groups is 1. The van der Waals surface area contributed by atoms with Gasteiger partial charge in [0.25, 0.3) is 5.91 Å². The lowest BCUT2D eigenvalue weighted by molar-refractivity contribution is -0.134. The molecule has 1 spiro atoms. The van der Waals surface area contributed by atoms with E-state index in [1.54, 1.807) is 23.9 Å². The first-order valence-corrected chi connectivity index (χ1v) is 12.5. The van der Waals surface area contributed by atoms with E-state index in [2.05, 4.69) is 5.32 Å². The Labute approximate surface area is 185 Å². The summed E-state index contributed by atoms with van der Waals surface area (Å²) in [6, 6.07) is 2.99. The molecule has 0 bridgehead atoms. The van der Waals surface area contributed by atoms with Gasteiger partial charge < -0.3 is 15.1 Å². The van der Waals surface area contributed by atoms with Gasteiger partial charge in [0.15, 0.2) is 5.78 Å². The number of nitrogens with zero attached hydrogens (tertiary/aromatic N) is 2. The van der Waals surface area contributed by atoms with Crippen molar-refractivity contribution in [3.05, 3.63) is 21.9 Å². The number of thiophene rings is 1. The second-order valence-electron chi connectivity index (χ2n) is 8.14. The van der Waals surface area contributed by atoms with Crippen LogP contribution in [0.3, 0.4) is 0 Å². The lowest BCUT2D eigenvalue weighted by Crippen LogP contribution is -2.48. The van der Waals surface area contributed by atoms with Crippen LogP contribution in [-0.2, 0) is 9.59 Å². The van der Waals surface area contributed by atoms with E-state index in [1.807, 2.05) is 16.1 Å². The van der Waals surface area contributed by atoms with E-state index in [9.17, 15) is 19.2 Å². The monoisotopic (exact) mass is 451 g/mol. The number of ketones is 1. The fourth-order valence-corrected chi connectivity index (χ4v) is 5.67. The van der Waals surface area contributed by atoms with Gasteiger partial charge in [0, 0.05) is 26.2 Å². The van der Waals surface area contributed by atoms with Crippen molar-refractivity contribution in [1.82, 2.24) is 15.1 Å². The predicted octanol–water partition coefficient (Wildman–Crippen LogP) is 2.27. The third-order valence-electron chi connectivity index (χ3n) is 6.20. The fraction of sp³-hybridized carbons (Fsp3) is 0.619. The summed E-state index contributed by atoms with van der Waals surface area (Å²) in [5.74, 6) is 0.788. The normalized spacial score (nSPS) is 19.0. The molecule has 0 aliphatic carbocycles. The minimum absolute atomic E-state index is 0.00174. The third-order valence-corrected chi connectivity index (χ3v) is 8.02. The molecule has 2 fully saturated rings. The van der Waals surface area contributed by atoms with E-state index in [0.29, 0.717) is 48.8 Å². The van der Waals surface area contributed by atoms with Gasteiger partial charge in [0.05, 0.1) is 9.75 Å². The van der Waals surface area contributed by atoms with E-state index in [0.717, 1.165) is 25.0 Å². The number of amides is 3. The van der Waals surface area contributed by atoms with Crippen molar-refractivity contribution < 1.29 is 19.2 Å². The van der Waals surface area contributed by atoms with Gasteiger partial charge in [-0.05, 0) is 62.2 Å². The van der Waals surface area contributed by atoms with Gasteiger partial charge in [-0.25, -0.2) is 0 Å². The van der Waals surface area contributed by atoms with Crippen LogP contribution in [0.15, 0.2) is 12.1 Å². The number of piperidine rings is 1. The largest absolute Gasteiger partial charge is 0.347 e. The summed E-state index contributed by atoms with van der Waals surface area (Å²) >= 11 is 2.91. The maximum atomic E-state index is 12.9. The molecule has 1 N–H and O–H groups in total. The number of Topliss-reactive ketones (excluding diaryl/α,β-unsaturated/α-hetero) is 1. The molecule has 2 aliphatic rings. The van der Waals surface area contributed by atoms with Crippen molar-refractivity contribution in [2.75, 3.05) is 38.2 Å². The Hall–Kier alpha value is -1.87. The molecule has 1 unspecified atom stereocenters. The lowest BCUT2D eigenvalue weighted by Gasteiger charge is -2.39. The number of carbonyl (C=O) groups is 4. The Morgan fingerprint density at radius 2 is 1.80 bits per heavy atom. The Bertz CT molecular complexity index is 802. The average molecular weight is 452 g/mol. The molecule has 0 aromatic carbocycles. The highest BCUT2D eigenvalue weighted by Crippen LogP contribution is 2.41. The van der Waals surface area contributed by atoms with E-state index in [4.69, 9.17) is 0 Å². The Balaban J connectivity index is 1.56. The first-order chi connectivity index (χ1) is 14.4. The minimum Gasteiger partial charge on any atom is -0.347 e. The Kier molecular flexibility index (Phi) is 7.57. The molecule has 2 aliphatic heterocycles. The summed E-state index contributed by atoms with van der Waals surface area (Å²) in [5.41, 5.74) is 0.0532. The van der Waals surface area contributed by atoms with E-state index in [-0.39, 0.29) is 23.0 Å². The topological polar surface area (TPSA) is 86.8 Å². The van der Waals surface area contributed by atoms with Crippen LogP contribution in [0.1, 0.15) is 52.0 Å². The molecule has 3 heterocycles. The first-order valence-electron chi connectivity index (χ1n) is 10.3. The van der Waals surface area contributed by atoms with Crippen LogP contribution in [-0.4, -0.2) is 78.0 Å². The predicted molar refractivity (Wildman–Crippen MR) is 119 cm³/mol. The summed E-state index contributed by atoms with van der Waals surface area (Å²) < 4.78 is 0. The molecule has 1 atom stereocenters. The van der Waals surface area contributed by atoms with Crippen molar-refractivity contribution >= 4 is 47.1 Å². The maximum absolute atomic E-state index is 12.9. The highest BCUT2D eigenvalue weighted by atomic mass is 32.2. The molecule has 30 heavy (non-hydrogen) atoms. The molecule has 7 nitrogen and oxygen atoms in total. The molecular weight excluding hydrogens is 422 g/mol. The summed E-state index contributed by atoms with van der Waals surface area (Å²) in [6.45, 7) is 4.23. The van der Waals surface area contributed by atoms with E-state index < -0.39 is 6.04 Å². The van der Waals surface area contributed by atoms with Crippen LogP contribution < -0.4 is 5.32 Å². The fourth-order valence-electron chi connectivity index (χ4n) is 4.33. The van der Waals surface area contributed by atoms with Gasteiger partial charge >= 0.3 is 0 Å². The molecule has 9 heteroatoms. The van der Waals surface area contributed by atoms with E-state index in [1.165, 1.54) is 18.3 Å². The average Bonchev–Trinajstić information content (AvgIpc) is 3.39. The lowest BCUT2D eigenvalue weighted by atomic mass is 9.77. The molecule has 1 aromatic rings. The zero-order valence-electron chi connectivity index (χ0n) is 17.5. The molecule has 3 rings (SSSR count). The zero-order chi connectivity index (χ0) is 21.7. The maximum Gasteiger partial charge on any atom is 0.263 e. The third kappa shape index (κ3) is 5.06. The van der Waals surface area contributed by atoms with Crippen molar-refractivity contribution in [1.29, 1.82) is 0 Å². The van der Waals surface area contributed by atoms with Crippen molar-refractivity contribution in [2.45, 2.75) is 38.6 Å². The van der Waals surface area contributed by atoms with Crippen LogP contribution in [0.2, 0.25) is 0 Å². The highest BCUT2D eigenvalue weighted by molar-refractivity contribution is 7.98. The summed E-state index contributed by atoms with van der Waals surface area (Å²) in [5, 5.41) is 2.67. The number of hydrogen-bond acceptors (Lipinski definition) is 6. The van der Waals surface area contributed by atoms with Crippen LogP contribution >= 0.6 is 23.1 Å². The Morgan fingerprint density at radius 1 is 1.17 bits per heavy atom. The molecule has 1 aromatic heterocycles. The van der Waals surface area contributed by atoms with Crippen molar-refractivity contribution in [3.8, 4) is 0 Å². The molecule has 2 saturated heterocycles. The van der Waals surface area contributed by atoms with Gasteiger partial charge in [-0.3, -0.25) is 19.2 Å². The molecule has 0 saturated carbocycles. The van der Waals surface area contributed by atoms with Crippen molar-refractivity contribution in [2.24, 2.45) is 5.41 Å². The number of carbonyl (C=O) groups excluding carboxylic acids is 4. The number of hydrogen-bond donors (Lipinski definition) is 1. The minimum atomic E-state index is -0.457. The van der Waals surface area contributed by atoms with Crippen LogP contribution in [0.25, 0.3) is 0 Å². The van der Waals surface area contributed by atoms with Crippen LogP contribution in [0.4, 0.5) is 0 Å². The molecule has 0 radical (unpaired) electrons. The van der Waals surface area contributed by atoms with Gasteiger partial charge in [0.1, 0.15) is 6.04 Å². The number of likely N-dealkylation sites (tertiary alicyclic amines) is 2. The first kappa shape index (κ1) is 22.8. The van der Waals surface area contributed by atoms with Gasteiger partial charge in [-0.15, -0.1) is 11.3 Å². The summed E-state index contributed by atoms with van der Waals surface area (Å²) in [4.78, 5) is 53.0. The van der Waals surface area contributed by atoms with Gasteiger partial charge in [-0.1, -0.05) is 0 Å². The van der Waals surface area contributed by atoms with Crippen LogP contribution in [0.5, 0.6) is 0 Å². The zero-order valence-corrected chi connectivity index (χ0v) is 19.2. The Morgan fingerprint density at radius 3 is 2.37 bits per heavy atom. The van der Waals surface area contributed by atoms with Crippen molar-refractivity contribution in [3.63, 3.8) is 0 Å². The van der Waals surface area contributed by atoms with Gasteiger partial charge in [0.2, 0.25) is 12.3 Å². The van der Waals surface area contributed by atoms with E-state index >= 15 is 0 Å². The second-order valence-corrected chi connectivity index (χ2v) is 10.2. The van der Waals surface area contributed by atoms with Crippen LogP contribution in [0, 0.1) is 5.41 Å². The molecule has 164 valence electrons. The second kappa shape index (κ2) is 9.96. The number of nitrogens with one attached hydrogen (secondary N) is 1. The quantitative estimate of drug-likeness (QED) is 0.484. The SMILES string of the molecule is CSCCC(NC=O)C(=O)N1CCC2(CCN(C(=O)c3ccc(C(C)=O)s3)CC2)C1. The molecular formula is C21H29N3O4S2. The summed E-state index contributed by atoms with van der Waals surface area (Å²) in [7, 11) is 0. The summed E-state index contributed by atoms with van der Waals surface area (Å²) in [6.07, 6.45) is 5.90. The smallest absolute Gasteiger partial charge is 0.263 e. The van der Waals surface area contributed by atoms with Gasteiger partial charge in [-0.2, -0.15) is 11.8 Å². The highest BCUT2D eigenvalue weighted by Gasteiger charge is 2.43. The number of rotatable bonds is 8.